The van der Waals surface area contributed by atoms with E-state index in [4.69, 9.17) is 51.8 Å². The summed E-state index contributed by atoms with van der Waals surface area (Å²) in [5, 5.41) is 4.90. The SMILES string of the molecule is O=C(Nc1ccc(Cl)c(Cl)c1)NN1C(=O)/C(=C\c2ccc(OCc3ccc(Cl)cc3)c(Br)c2)SC1=S. The van der Waals surface area contributed by atoms with Gasteiger partial charge in [0.25, 0.3) is 5.91 Å². The van der Waals surface area contributed by atoms with Crippen molar-refractivity contribution in [3.8, 4) is 5.75 Å². The molecule has 0 radical (unpaired) electrons. The predicted molar refractivity (Wildman–Crippen MR) is 154 cm³/mol. The molecule has 0 aromatic heterocycles. The van der Waals surface area contributed by atoms with E-state index in [1.165, 1.54) is 6.07 Å². The number of urea groups is 1. The largest absolute Gasteiger partial charge is 0.488 e. The van der Waals surface area contributed by atoms with Crippen molar-refractivity contribution in [3.63, 3.8) is 0 Å². The van der Waals surface area contributed by atoms with Gasteiger partial charge in [-0.05, 0) is 87.8 Å². The second-order valence-corrected chi connectivity index (χ2v) is 11.1. The van der Waals surface area contributed by atoms with Gasteiger partial charge in [0.2, 0.25) is 0 Å². The molecule has 2 N–H and O–H groups in total. The molecule has 1 fully saturated rings. The lowest BCUT2D eigenvalue weighted by Crippen LogP contribution is -2.46. The Hall–Kier alpha value is -2.27. The Morgan fingerprint density at radius 3 is 2.50 bits per heavy atom. The van der Waals surface area contributed by atoms with Gasteiger partial charge >= 0.3 is 6.03 Å². The highest BCUT2D eigenvalue weighted by atomic mass is 79.9. The fraction of sp³-hybridized carbons (Fsp3) is 0.0417. The minimum absolute atomic E-state index is 0.192. The average molecular weight is 644 g/mol. The summed E-state index contributed by atoms with van der Waals surface area (Å²) in [6.07, 6.45) is 1.69. The van der Waals surface area contributed by atoms with Gasteiger partial charge in [0.1, 0.15) is 12.4 Å². The quantitative estimate of drug-likeness (QED) is 0.211. The molecule has 3 aromatic rings. The van der Waals surface area contributed by atoms with E-state index in [-0.39, 0.29) is 9.34 Å². The molecule has 0 aliphatic carbocycles. The van der Waals surface area contributed by atoms with Crippen LogP contribution in [0.25, 0.3) is 6.08 Å². The standard InChI is InChI=1S/C24H15BrCl3N3O3S2/c25-17-9-14(3-8-20(17)34-12-13-1-4-15(26)5-2-13)10-21-22(32)31(24(35)36-21)30-23(33)29-16-6-7-18(27)19(28)11-16/h1-11H,12H2,(H2,29,30,33)/b21-10+. The van der Waals surface area contributed by atoms with Crippen LogP contribution in [0.3, 0.4) is 0 Å². The molecule has 0 unspecified atom stereocenters. The van der Waals surface area contributed by atoms with Crippen LogP contribution in [-0.4, -0.2) is 21.3 Å². The minimum Gasteiger partial charge on any atom is -0.488 e. The van der Waals surface area contributed by atoms with Gasteiger partial charge in [-0.15, -0.1) is 0 Å². The fourth-order valence-corrected chi connectivity index (χ4v) is 5.13. The van der Waals surface area contributed by atoms with Crippen LogP contribution in [0.15, 0.2) is 70.0 Å². The maximum Gasteiger partial charge on any atom is 0.338 e. The van der Waals surface area contributed by atoms with Gasteiger partial charge in [-0.1, -0.05) is 64.8 Å². The van der Waals surface area contributed by atoms with Gasteiger partial charge < -0.3 is 10.1 Å². The number of thioether (sulfide) groups is 1. The van der Waals surface area contributed by atoms with Gasteiger partial charge in [0, 0.05) is 10.7 Å². The van der Waals surface area contributed by atoms with Crippen molar-refractivity contribution in [2.45, 2.75) is 6.61 Å². The molecule has 0 bridgehead atoms. The van der Waals surface area contributed by atoms with Gasteiger partial charge in [-0.3, -0.25) is 4.79 Å². The molecule has 184 valence electrons. The number of hydrazine groups is 1. The van der Waals surface area contributed by atoms with Crippen molar-refractivity contribution < 1.29 is 14.3 Å². The molecular weight excluding hydrogens is 629 g/mol. The summed E-state index contributed by atoms with van der Waals surface area (Å²) in [5.41, 5.74) is 4.59. The lowest BCUT2D eigenvalue weighted by atomic mass is 10.2. The maximum atomic E-state index is 12.9. The van der Waals surface area contributed by atoms with Crippen LogP contribution in [-0.2, 0) is 11.4 Å². The molecule has 36 heavy (non-hydrogen) atoms. The summed E-state index contributed by atoms with van der Waals surface area (Å²) in [6, 6.07) is 16.8. The number of nitrogens with zero attached hydrogens (tertiary/aromatic N) is 1. The molecule has 1 aliphatic rings. The number of halogens is 4. The molecule has 0 spiro atoms. The van der Waals surface area contributed by atoms with Crippen LogP contribution in [0.2, 0.25) is 15.1 Å². The molecule has 0 atom stereocenters. The number of carbonyl (C=O) groups excluding carboxylic acids is 2. The molecule has 3 amide bonds. The lowest BCUT2D eigenvalue weighted by molar-refractivity contribution is -0.123. The highest BCUT2D eigenvalue weighted by Crippen LogP contribution is 2.34. The average Bonchev–Trinajstić information content (AvgIpc) is 3.09. The maximum absolute atomic E-state index is 12.9. The highest BCUT2D eigenvalue weighted by molar-refractivity contribution is 9.10. The first-order chi connectivity index (χ1) is 17.2. The first-order valence-electron chi connectivity index (χ1n) is 10.2. The third-order valence-electron chi connectivity index (χ3n) is 4.75. The second kappa shape index (κ2) is 11.9. The van der Waals surface area contributed by atoms with Crippen LogP contribution < -0.4 is 15.5 Å². The summed E-state index contributed by atoms with van der Waals surface area (Å²) in [7, 11) is 0. The van der Waals surface area contributed by atoms with Crippen molar-refractivity contribution >= 4 is 103 Å². The van der Waals surface area contributed by atoms with Crippen molar-refractivity contribution in [2.24, 2.45) is 0 Å². The number of thiocarbonyl (C=S) groups is 1. The van der Waals surface area contributed by atoms with E-state index in [1.54, 1.807) is 36.4 Å². The molecular formula is C24H15BrCl3N3O3S2. The van der Waals surface area contributed by atoms with Gasteiger partial charge in [-0.2, -0.15) is 5.01 Å². The Balaban J connectivity index is 1.39. The fourth-order valence-electron chi connectivity index (χ4n) is 3.02. The summed E-state index contributed by atoms with van der Waals surface area (Å²) >= 11 is 27.6. The van der Waals surface area contributed by atoms with Crippen molar-refractivity contribution in [3.05, 3.63) is 96.2 Å². The number of carbonyl (C=O) groups is 2. The van der Waals surface area contributed by atoms with Crippen LogP contribution in [0.5, 0.6) is 5.75 Å². The number of amides is 3. The topological polar surface area (TPSA) is 70.7 Å². The number of anilines is 1. The molecule has 3 aromatic carbocycles. The minimum atomic E-state index is -0.657. The summed E-state index contributed by atoms with van der Waals surface area (Å²) in [4.78, 5) is 25.6. The highest BCUT2D eigenvalue weighted by Gasteiger charge is 2.33. The van der Waals surface area contributed by atoms with Gasteiger partial charge in [-0.25, -0.2) is 10.2 Å². The first-order valence-corrected chi connectivity index (χ1v) is 13.3. The predicted octanol–water partition coefficient (Wildman–Crippen LogP) is 7.93. The second-order valence-electron chi connectivity index (χ2n) is 7.32. The lowest BCUT2D eigenvalue weighted by Gasteiger charge is -2.16. The number of nitrogens with one attached hydrogen (secondary N) is 2. The Labute approximate surface area is 240 Å². The molecule has 1 heterocycles. The number of ether oxygens (including phenoxy) is 1. The summed E-state index contributed by atoms with van der Waals surface area (Å²) in [6.45, 7) is 0.379. The third kappa shape index (κ3) is 6.73. The van der Waals surface area contributed by atoms with Crippen molar-refractivity contribution in [1.82, 2.24) is 10.4 Å². The van der Waals surface area contributed by atoms with Crippen LogP contribution in [0, 0.1) is 0 Å². The molecule has 1 saturated heterocycles. The summed E-state index contributed by atoms with van der Waals surface area (Å²) in [5.74, 6) is 0.198. The Morgan fingerprint density at radius 2 is 1.81 bits per heavy atom. The van der Waals surface area contributed by atoms with Crippen molar-refractivity contribution in [1.29, 1.82) is 0 Å². The van der Waals surface area contributed by atoms with E-state index in [9.17, 15) is 9.59 Å². The van der Waals surface area contributed by atoms with Gasteiger partial charge in [0.05, 0.1) is 19.4 Å². The van der Waals surface area contributed by atoms with Crippen LogP contribution in [0.1, 0.15) is 11.1 Å². The Morgan fingerprint density at radius 1 is 1.06 bits per heavy atom. The van der Waals surface area contributed by atoms with E-state index in [0.717, 1.165) is 32.4 Å². The smallest absolute Gasteiger partial charge is 0.338 e. The third-order valence-corrected chi connectivity index (χ3v) is 7.66. The molecule has 0 saturated carbocycles. The Kier molecular flexibility index (Phi) is 8.82. The zero-order valence-electron chi connectivity index (χ0n) is 18.1. The molecule has 6 nitrogen and oxygen atoms in total. The van der Waals surface area contributed by atoms with Crippen LogP contribution >= 0.6 is 74.7 Å². The normalized spacial score (nSPS) is 14.3. The molecule has 12 heteroatoms. The van der Waals surface area contributed by atoms with Gasteiger partial charge in [0.15, 0.2) is 4.32 Å². The Bertz CT molecular complexity index is 1390. The van der Waals surface area contributed by atoms with E-state index in [0.29, 0.717) is 33.0 Å². The molecule has 1 aliphatic heterocycles. The van der Waals surface area contributed by atoms with E-state index in [2.05, 4.69) is 26.7 Å². The van der Waals surface area contributed by atoms with Crippen LogP contribution in [0.4, 0.5) is 10.5 Å². The van der Waals surface area contributed by atoms with E-state index < -0.39 is 11.9 Å². The summed E-state index contributed by atoms with van der Waals surface area (Å²) < 4.78 is 6.78. The monoisotopic (exact) mass is 641 g/mol. The first kappa shape index (κ1) is 26.8. The van der Waals surface area contributed by atoms with E-state index in [1.807, 2.05) is 24.3 Å². The molecule has 4 rings (SSSR count). The number of rotatable bonds is 6. The van der Waals surface area contributed by atoms with E-state index >= 15 is 0 Å². The number of hydrogen-bond acceptors (Lipinski definition) is 5. The zero-order valence-corrected chi connectivity index (χ0v) is 23.5. The zero-order chi connectivity index (χ0) is 25.8. The van der Waals surface area contributed by atoms with Crippen molar-refractivity contribution in [2.75, 3.05) is 5.32 Å². The number of benzene rings is 3. The number of hydrogen-bond donors (Lipinski definition) is 2.